The molecule has 0 amide bonds. The van der Waals surface area contributed by atoms with Crippen molar-refractivity contribution in [2.45, 2.75) is 45.9 Å². The number of ether oxygens (including phenoxy) is 3. The number of carbonyl (C=O) groups is 1. The number of hydrogen-bond donors (Lipinski definition) is 0. The van der Waals surface area contributed by atoms with Gasteiger partial charge in [0, 0.05) is 35.2 Å². The predicted molar refractivity (Wildman–Crippen MR) is 118 cm³/mol. The van der Waals surface area contributed by atoms with Crippen molar-refractivity contribution < 1.29 is 23.9 Å². The van der Waals surface area contributed by atoms with E-state index in [0.29, 0.717) is 34.2 Å². The number of nitro benzene ring substituents is 1. The highest BCUT2D eigenvalue weighted by Crippen LogP contribution is 2.33. The number of fused-ring (bicyclic) bond motifs is 2. The Hall–Kier alpha value is -3.79. The van der Waals surface area contributed by atoms with Crippen LogP contribution in [0.2, 0.25) is 0 Å². The fourth-order valence-corrected chi connectivity index (χ4v) is 3.75. The van der Waals surface area contributed by atoms with Gasteiger partial charge in [0.2, 0.25) is 0 Å². The lowest BCUT2D eigenvalue weighted by Gasteiger charge is -2.20. The number of hydrogen-bond acceptors (Lipinski definition) is 8. The molecule has 0 N–H and O–H groups in total. The maximum Gasteiger partial charge on any atom is 0.359 e. The Kier molecular flexibility index (Phi) is 6.64. The summed E-state index contributed by atoms with van der Waals surface area (Å²) in [6.45, 7) is 2.35. The highest BCUT2D eigenvalue weighted by Gasteiger charge is 2.23. The second-order valence-electron chi connectivity index (χ2n) is 7.67. The van der Waals surface area contributed by atoms with Crippen LogP contribution >= 0.6 is 0 Å². The van der Waals surface area contributed by atoms with Crippen LogP contribution in [0.3, 0.4) is 0 Å². The number of esters is 1. The molecule has 0 radical (unpaired) electrons. The number of aromatic nitrogens is 2. The Balaban J connectivity index is 1.65. The number of non-ortho nitro benzene ring substituents is 1. The number of unbranched alkanes of at least 4 members (excludes halogenated alkanes) is 2. The molecule has 0 unspecified atom stereocenters. The van der Waals surface area contributed by atoms with Gasteiger partial charge in [0.25, 0.3) is 11.2 Å². The second-order valence-corrected chi connectivity index (χ2v) is 7.67. The first-order chi connectivity index (χ1) is 16.0. The largest absolute Gasteiger partial charge is 0.467 e. The number of nitro groups is 1. The van der Waals surface area contributed by atoms with Crippen LogP contribution in [0, 0.1) is 10.1 Å². The lowest BCUT2D eigenvalue weighted by atomic mass is 10.1. The van der Waals surface area contributed by atoms with Crippen LogP contribution in [0.15, 0.2) is 41.2 Å². The minimum atomic E-state index is -0.734. The Morgan fingerprint density at radius 2 is 2.03 bits per heavy atom. The fraction of sp³-hybridized carbons (Fsp3) is 0.348. The summed E-state index contributed by atoms with van der Waals surface area (Å²) in [4.78, 5) is 36.6. The van der Waals surface area contributed by atoms with Crippen LogP contribution in [-0.4, -0.2) is 27.5 Å². The molecule has 1 aliphatic rings. The topological polar surface area (TPSA) is 123 Å². The zero-order chi connectivity index (χ0) is 23.4. The average Bonchev–Trinajstić information content (AvgIpc) is 2.83. The van der Waals surface area contributed by atoms with Crippen molar-refractivity contribution in [3.05, 3.63) is 73.7 Å². The highest BCUT2D eigenvalue weighted by atomic mass is 16.7. The number of carbonyl (C=O) groups excluding carboxylic acids is 1. The van der Waals surface area contributed by atoms with Gasteiger partial charge in [0.1, 0.15) is 12.4 Å². The van der Waals surface area contributed by atoms with Gasteiger partial charge in [0.05, 0.1) is 16.9 Å². The molecule has 0 fully saturated rings. The maximum atomic E-state index is 13.0. The van der Waals surface area contributed by atoms with Gasteiger partial charge in [-0.2, -0.15) is 5.10 Å². The van der Waals surface area contributed by atoms with Crippen molar-refractivity contribution in [2.75, 3.05) is 6.79 Å². The number of benzene rings is 2. The lowest BCUT2D eigenvalue weighted by molar-refractivity contribution is -0.385. The van der Waals surface area contributed by atoms with Crippen molar-refractivity contribution in [3.8, 4) is 5.75 Å². The highest BCUT2D eigenvalue weighted by molar-refractivity contribution is 6.02. The molecular formula is C23H23N3O7. The van der Waals surface area contributed by atoms with E-state index in [-0.39, 0.29) is 36.9 Å². The molecule has 0 saturated carbocycles. The SMILES string of the molecule is CCCCCn1nc(C(=O)OCc2cc([N+](=O)[O-])cc3c2OCOC3)c2ccccc2c1=O. The molecule has 172 valence electrons. The van der Waals surface area contributed by atoms with Gasteiger partial charge in [-0.15, -0.1) is 0 Å². The summed E-state index contributed by atoms with van der Waals surface area (Å²) in [5, 5.41) is 16.4. The summed E-state index contributed by atoms with van der Waals surface area (Å²) in [6.07, 6.45) is 2.68. The first kappa shape index (κ1) is 22.4. The molecular weight excluding hydrogens is 430 g/mol. The van der Waals surface area contributed by atoms with E-state index in [1.165, 1.54) is 16.8 Å². The van der Waals surface area contributed by atoms with E-state index in [9.17, 15) is 19.7 Å². The number of aryl methyl sites for hydroxylation is 1. The van der Waals surface area contributed by atoms with E-state index in [4.69, 9.17) is 14.2 Å². The van der Waals surface area contributed by atoms with Crippen LogP contribution in [0.25, 0.3) is 10.8 Å². The molecule has 0 atom stereocenters. The van der Waals surface area contributed by atoms with Crippen molar-refractivity contribution in [1.29, 1.82) is 0 Å². The Labute approximate surface area is 188 Å². The van der Waals surface area contributed by atoms with Crippen LogP contribution < -0.4 is 10.3 Å². The van der Waals surface area contributed by atoms with Crippen LogP contribution in [-0.2, 0) is 29.2 Å². The molecule has 1 aromatic heterocycles. The average molecular weight is 453 g/mol. The summed E-state index contributed by atoms with van der Waals surface area (Å²) in [5.41, 5.74) is 0.470. The van der Waals surface area contributed by atoms with E-state index in [2.05, 4.69) is 12.0 Å². The van der Waals surface area contributed by atoms with Crippen LogP contribution in [0.4, 0.5) is 5.69 Å². The predicted octanol–water partition coefficient (Wildman–Crippen LogP) is 3.72. The van der Waals surface area contributed by atoms with Crippen molar-refractivity contribution in [2.24, 2.45) is 0 Å². The van der Waals surface area contributed by atoms with E-state index < -0.39 is 10.9 Å². The summed E-state index contributed by atoms with van der Waals surface area (Å²) in [7, 11) is 0. The second kappa shape index (κ2) is 9.78. The molecule has 0 bridgehead atoms. The molecule has 4 rings (SSSR count). The fourth-order valence-electron chi connectivity index (χ4n) is 3.75. The van der Waals surface area contributed by atoms with E-state index >= 15 is 0 Å². The van der Waals surface area contributed by atoms with Crippen LogP contribution in [0.1, 0.15) is 47.8 Å². The Morgan fingerprint density at radius 1 is 1.24 bits per heavy atom. The Bertz CT molecular complexity index is 1270. The molecule has 0 spiro atoms. The van der Waals surface area contributed by atoms with Crippen molar-refractivity contribution >= 4 is 22.4 Å². The minimum absolute atomic E-state index is 0.000667. The third kappa shape index (κ3) is 4.70. The summed E-state index contributed by atoms with van der Waals surface area (Å²) in [5.74, 6) is -0.329. The number of rotatable bonds is 8. The quantitative estimate of drug-likeness (QED) is 0.219. The molecule has 10 nitrogen and oxygen atoms in total. The maximum absolute atomic E-state index is 13.0. The van der Waals surface area contributed by atoms with E-state index in [1.807, 2.05) is 0 Å². The molecule has 3 aromatic rings. The van der Waals surface area contributed by atoms with Gasteiger partial charge in [-0.1, -0.05) is 38.0 Å². The molecule has 1 aliphatic heterocycles. The third-order valence-corrected chi connectivity index (χ3v) is 5.38. The van der Waals surface area contributed by atoms with E-state index in [1.54, 1.807) is 24.3 Å². The zero-order valence-electron chi connectivity index (χ0n) is 18.1. The molecule has 2 aromatic carbocycles. The zero-order valence-corrected chi connectivity index (χ0v) is 18.1. The van der Waals surface area contributed by atoms with Gasteiger partial charge in [-0.05, 0) is 12.5 Å². The first-order valence-corrected chi connectivity index (χ1v) is 10.7. The molecule has 0 aliphatic carbocycles. The molecule has 0 saturated heterocycles. The first-order valence-electron chi connectivity index (χ1n) is 10.7. The van der Waals surface area contributed by atoms with Gasteiger partial charge in [0.15, 0.2) is 12.5 Å². The van der Waals surface area contributed by atoms with Gasteiger partial charge in [-0.3, -0.25) is 14.9 Å². The summed E-state index contributed by atoms with van der Waals surface area (Å²) < 4.78 is 17.5. The summed E-state index contributed by atoms with van der Waals surface area (Å²) in [6, 6.07) is 9.43. The van der Waals surface area contributed by atoms with Gasteiger partial charge in [-0.25, -0.2) is 9.48 Å². The lowest BCUT2D eigenvalue weighted by Crippen LogP contribution is -2.26. The van der Waals surface area contributed by atoms with Gasteiger partial charge < -0.3 is 14.2 Å². The molecule has 33 heavy (non-hydrogen) atoms. The van der Waals surface area contributed by atoms with Crippen LogP contribution in [0.5, 0.6) is 5.75 Å². The van der Waals surface area contributed by atoms with E-state index in [0.717, 1.165) is 19.3 Å². The monoisotopic (exact) mass is 453 g/mol. The minimum Gasteiger partial charge on any atom is -0.467 e. The van der Waals surface area contributed by atoms with Crippen molar-refractivity contribution in [3.63, 3.8) is 0 Å². The van der Waals surface area contributed by atoms with Gasteiger partial charge >= 0.3 is 5.97 Å². The normalized spacial score (nSPS) is 12.8. The molecule has 10 heteroatoms. The standard InChI is InChI=1S/C23H23N3O7/c1-2-3-6-9-25-22(27)19-8-5-4-7-18(19)20(24-25)23(28)32-13-16-11-17(26(29)30)10-15-12-31-14-33-21(15)16/h4-5,7-8,10-11H,2-3,6,9,12-14H2,1H3. The molecule has 2 heterocycles. The van der Waals surface area contributed by atoms with Crippen molar-refractivity contribution in [1.82, 2.24) is 9.78 Å². The third-order valence-electron chi connectivity index (χ3n) is 5.38. The summed E-state index contributed by atoms with van der Waals surface area (Å²) >= 11 is 0. The number of nitrogens with zero attached hydrogens (tertiary/aromatic N) is 3. The Morgan fingerprint density at radius 3 is 2.79 bits per heavy atom. The smallest absolute Gasteiger partial charge is 0.359 e.